The molecule has 11 heavy (non-hydrogen) atoms. The lowest BCUT2D eigenvalue weighted by atomic mass is 10.4. The second-order valence-corrected chi connectivity index (χ2v) is 2.45. The van der Waals surface area contributed by atoms with Gasteiger partial charge < -0.3 is 0 Å². The second kappa shape index (κ2) is 3.23. The first-order chi connectivity index (χ1) is 5.25. The van der Waals surface area contributed by atoms with Crippen LogP contribution in [0.2, 0.25) is 0 Å². The highest BCUT2D eigenvalue weighted by atomic mass is 15.6. The quantitative estimate of drug-likeness (QED) is 0.602. The molecule has 1 heterocycles. The Hall–Kier alpha value is -1.25. The molecule has 3 heteroatoms. The molecule has 0 saturated carbocycles. The number of rotatable bonds is 2. The van der Waals surface area contributed by atoms with Gasteiger partial charge in [-0.15, -0.1) is 0 Å². The number of nitrogens with zero attached hydrogens (tertiary/aromatic N) is 2. The van der Waals surface area contributed by atoms with Crippen molar-refractivity contribution in [1.82, 2.24) is 10.4 Å². The molecule has 1 atom stereocenters. The first-order valence-electron chi connectivity index (χ1n) is 3.62. The molecule has 0 fully saturated rings. The molecule has 0 radical (unpaired) electrons. The van der Waals surface area contributed by atoms with E-state index in [2.05, 4.69) is 17.0 Å². The Morgan fingerprint density at radius 2 is 2.55 bits per heavy atom. The molecule has 0 aromatic carbocycles. The zero-order valence-corrected chi connectivity index (χ0v) is 6.91. The molecule has 1 N–H and O–H groups in total. The molecule has 60 valence electrons. The molecule has 0 aliphatic carbocycles. The molecule has 0 bridgehead atoms. The maximum atomic E-state index is 4.14. The molecule has 0 aromatic heterocycles. The predicted octanol–water partition coefficient (Wildman–Crippen LogP) is 1.27. The van der Waals surface area contributed by atoms with E-state index in [9.17, 15) is 0 Å². The van der Waals surface area contributed by atoms with E-state index in [4.69, 9.17) is 0 Å². The van der Waals surface area contributed by atoms with Gasteiger partial charge in [0.2, 0.25) is 0 Å². The summed E-state index contributed by atoms with van der Waals surface area (Å²) in [5, 5.41) is 1.97. The lowest BCUT2D eigenvalue weighted by Crippen LogP contribution is -2.35. The molecular formula is C8H13N3. The first-order valence-corrected chi connectivity index (χ1v) is 3.62. The van der Waals surface area contributed by atoms with Crippen LogP contribution in [0.5, 0.6) is 0 Å². The summed E-state index contributed by atoms with van der Waals surface area (Å²) in [6.07, 6.45) is 5.59. The van der Waals surface area contributed by atoms with Crippen LogP contribution >= 0.6 is 0 Å². The Labute approximate surface area is 67.1 Å². The average Bonchev–Trinajstić information content (AvgIpc) is 2.36. The van der Waals surface area contributed by atoms with Gasteiger partial charge in [0.1, 0.15) is 12.5 Å². The molecule has 0 amide bonds. The zero-order chi connectivity index (χ0) is 8.27. The van der Waals surface area contributed by atoms with Crippen LogP contribution in [0.1, 0.15) is 13.8 Å². The molecule has 0 aromatic rings. The Morgan fingerprint density at radius 3 is 3.00 bits per heavy atom. The third-order valence-electron chi connectivity index (χ3n) is 1.60. The summed E-state index contributed by atoms with van der Waals surface area (Å²) in [5.41, 5.74) is 4.13. The van der Waals surface area contributed by atoms with Crippen LogP contribution in [0.15, 0.2) is 29.4 Å². The van der Waals surface area contributed by atoms with Crippen LogP contribution in [0.3, 0.4) is 0 Å². The Balaban J connectivity index is 2.62. The topological polar surface area (TPSA) is 27.6 Å². The van der Waals surface area contributed by atoms with Crippen LogP contribution in [-0.4, -0.2) is 17.5 Å². The number of hydrazine groups is 1. The molecule has 1 rings (SSSR count). The fourth-order valence-electron chi connectivity index (χ4n) is 1.03. The van der Waals surface area contributed by atoms with Crippen molar-refractivity contribution in [1.29, 1.82) is 0 Å². The van der Waals surface area contributed by atoms with Crippen molar-refractivity contribution < 1.29 is 0 Å². The minimum atomic E-state index is 0.186. The highest BCUT2D eigenvalue weighted by Crippen LogP contribution is 2.09. The van der Waals surface area contributed by atoms with Crippen LogP contribution in [0, 0.1) is 0 Å². The van der Waals surface area contributed by atoms with Crippen LogP contribution < -0.4 is 5.43 Å². The van der Waals surface area contributed by atoms with Crippen molar-refractivity contribution >= 4 is 6.34 Å². The summed E-state index contributed by atoms with van der Waals surface area (Å²) >= 11 is 0. The fraction of sp³-hybridized carbons (Fsp3) is 0.375. The zero-order valence-electron chi connectivity index (χ0n) is 6.91. The van der Waals surface area contributed by atoms with Gasteiger partial charge >= 0.3 is 0 Å². The summed E-state index contributed by atoms with van der Waals surface area (Å²) in [6.45, 7) is 7.66. The maximum Gasteiger partial charge on any atom is 0.138 e. The van der Waals surface area contributed by atoms with Gasteiger partial charge in [-0.3, -0.25) is 10.4 Å². The van der Waals surface area contributed by atoms with E-state index in [0.717, 1.165) is 5.70 Å². The van der Waals surface area contributed by atoms with Crippen molar-refractivity contribution in [3.05, 3.63) is 24.4 Å². The molecule has 1 aliphatic rings. The number of nitrogens with one attached hydrogen (secondary N) is 1. The second-order valence-electron chi connectivity index (χ2n) is 2.45. The highest BCUT2D eigenvalue weighted by molar-refractivity contribution is 5.56. The van der Waals surface area contributed by atoms with Gasteiger partial charge in [-0.25, -0.2) is 4.99 Å². The standard InChI is InChI=1S/C8H13N3/c1-4-5-7(2)11-8(3)9-6-10-11/h4-6,8H,1H2,2-3H3,(H,9,10)/b7-5-. The summed E-state index contributed by atoms with van der Waals surface area (Å²) in [4.78, 5) is 4.14. The third-order valence-corrected chi connectivity index (χ3v) is 1.60. The molecule has 1 aliphatic heterocycles. The summed E-state index contributed by atoms with van der Waals surface area (Å²) in [6, 6.07) is 0. The third kappa shape index (κ3) is 1.61. The highest BCUT2D eigenvalue weighted by Gasteiger charge is 2.14. The van der Waals surface area contributed by atoms with E-state index in [-0.39, 0.29) is 6.17 Å². The monoisotopic (exact) mass is 151 g/mol. The lowest BCUT2D eigenvalue weighted by molar-refractivity contribution is 0.267. The van der Waals surface area contributed by atoms with Crippen LogP contribution in [0.4, 0.5) is 0 Å². The minimum absolute atomic E-state index is 0.186. The lowest BCUT2D eigenvalue weighted by Gasteiger charge is -2.22. The van der Waals surface area contributed by atoms with E-state index in [1.165, 1.54) is 0 Å². The normalized spacial score (nSPS) is 23.6. The smallest absolute Gasteiger partial charge is 0.138 e. The maximum absolute atomic E-state index is 4.14. The predicted molar refractivity (Wildman–Crippen MR) is 46.9 cm³/mol. The summed E-state index contributed by atoms with van der Waals surface area (Å²) in [7, 11) is 0. The van der Waals surface area contributed by atoms with E-state index >= 15 is 0 Å². The van der Waals surface area contributed by atoms with Crippen molar-refractivity contribution in [2.45, 2.75) is 20.0 Å². The van der Waals surface area contributed by atoms with Crippen molar-refractivity contribution in [3.8, 4) is 0 Å². The fourth-order valence-corrected chi connectivity index (χ4v) is 1.03. The van der Waals surface area contributed by atoms with Crippen molar-refractivity contribution in [3.63, 3.8) is 0 Å². The Bertz CT molecular complexity index is 205. The van der Waals surface area contributed by atoms with Gasteiger partial charge in [-0.2, -0.15) is 0 Å². The first kappa shape index (κ1) is 7.85. The number of aliphatic imine (C=N–C) groups is 1. The molecule has 1 unspecified atom stereocenters. The van der Waals surface area contributed by atoms with Crippen LogP contribution in [-0.2, 0) is 0 Å². The van der Waals surface area contributed by atoms with Gasteiger partial charge in [0.25, 0.3) is 0 Å². The minimum Gasteiger partial charge on any atom is -0.286 e. The number of allylic oxidation sites excluding steroid dienone is 3. The Morgan fingerprint density at radius 1 is 1.82 bits per heavy atom. The SMILES string of the molecule is C=C/C=C(/C)N1NC=NC1C. The van der Waals surface area contributed by atoms with Gasteiger partial charge in [0.15, 0.2) is 0 Å². The van der Waals surface area contributed by atoms with Gasteiger partial charge in [0, 0.05) is 5.70 Å². The summed E-state index contributed by atoms with van der Waals surface area (Å²) in [5.74, 6) is 0. The number of hydrogen-bond donors (Lipinski definition) is 1. The van der Waals surface area contributed by atoms with Gasteiger partial charge in [0.05, 0.1) is 0 Å². The average molecular weight is 151 g/mol. The van der Waals surface area contributed by atoms with Crippen molar-refractivity contribution in [2.24, 2.45) is 4.99 Å². The van der Waals surface area contributed by atoms with E-state index in [1.807, 2.05) is 24.9 Å². The van der Waals surface area contributed by atoms with E-state index < -0.39 is 0 Å². The van der Waals surface area contributed by atoms with Gasteiger partial charge in [-0.1, -0.05) is 12.7 Å². The number of hydrogen-bond acceptors (Lipinski definition) is 3. The molecule has 0 saturated heterocycles. The Kier molecular flexibility index (Phi) is 2.31. The van der Waals surface area contributed by atoms with Crippen molar-refractivity contribution in [2.75, 3.05) is 0 Å². The molecule has 0 spiro atoms. The van der Waals surface area contributed by atoms with E-state index in [1.54, 1.807) is 12.4 Å². The van der Waals surface area contributed by atoms with Crippen LogP contribution in [0.25, 0.3) is 0 Å². The van der Waals surface area contributed by atoms with E-state index in [0.29, 0.717) is 0 Å². The van der Waals surface area contributed by atoms with Gasteiger partial charge in [-0.05, 0) is 19.9 Å². The summed E-state index contributed by atoms with van der Waals surface area (Å²) < 4.78 is 0. The molecular weight excluding hydrogens is 138 g/mol. The molecule has 3 nitrogen and oxygen atoms in total. The largest absolute Gasteiger partial charge is 0.286 e.